The molecule has 1 saturated carbocycles. The summed E-state index contributed by atoms with van der Waals surface area (Å²) in [5, 5.41) is 3.14. The van der Waals surface area contributed by atoms with Crippen LogP contribution in [-0.2, 0) is 4.79 Å². The van der Waals surface area contributed by atoms with Gasteiger partial charge in [0.1, 0.15) is 0 Å². The number of carbonyl (C=O) groups is 1. The molecule has 1 N–H and O–H groups in total. The minimum Gasteiger partial charge on any atom is -0.353 e. The molecule has 2 nitrogen and oxygen atoms in total. The lowest BCUT2D eigenvalue weighted by Crippen LogP contribution is -2.48. The SMILES string of the molecule is CC(CCl)C(=O)NC1CCCCC1(C)C. The van der Waals surface area contributed by atoms with Gasteiger partial charge in [-0.25, -0.2) is 0 Å². The van der Waals surface area contributed by atoms with E-state index in [1.54, 1.807) is 0 Å². The Morgan fingerprint density at radius 2 is 2.20 bits per heavy atom. The molecule has 1 aliphatic carbocycles. The zero-order chi connectivity index (χ0) is 11.5. The van der Waals surface area contributed by atoms with Crippen molar-refractivity contribution >= 4 is 17.5 Å². The van der Waals surface area contributed by atoms with E-state index in [4.69, 9.17) is 11.6 Å². The number of amides is 1. The van der Waals surface area contributed by atoms with Gasteiger partial charge in [0.2, 0.25) is 5.91 Å². The highest BCUT2D eigenvalue weighted by Gasteiger charge is 2.33. The first-order valence-corrected chi connectivity index (χ1v) is 6.37. The van der Waals surface area contributed by atoms with Crippen molar-refractivity contribution < 1.29 is 4.79 Å². The first-order valence-electron chi connectivity index (χ1n) is 5.83. The van der Waals surface area contributed by atoms with Crippen LogP contribution in [0.1, 0.15) is 46.5 Å². The van der Waals surface area contributed by atoms with Gasteiger partial charge in [0.25, 0.3) is 0 Å². The normalized spacial score (nSPS) is 27.1. The largest absolute Gasteiger partial charge is 0.353 e. The molecule has 1 fully saturated rings. The van der Waals surface area contributed by atoms with Crippen molar-refractivity contribution in [1.82, 2.24) is 5.32 Å². The molecule has 1 aliphatic rings. The lowest BCUT2D eigenvalue weighted by atomic mass is 9.73. The van der Waals surface area contributed by atoms with Crippen LogP contribution in [0.4, 0.5) is 0 Å². The summed E-state index contributed by atoms with van der Waals surface area (Å²) in [5.74, 6) is 0.424. The number of carbonyl (C=O) groups excluding carboxylic acids is 1. The van der Waals surface area contributed by atoms with Gasteiger partial charge in [-0.1, -0.05) is 33.6 Å². The Morgan fingerprint density at radius 1 is 1.53 bits per heavy atom. The lowest BCUT2D eigenvalue weighted by molar-refractivity contribution is -0.125. The van der Waals surface area contributed by atoms with Gasteiger partial charge in [0.05, 0.1) is 0 Å². The average molecular weight is 232 g/mol. The second-order valence-electron chi connectivity index (χ2n) is 5.35. The van der Waals surface area contributed by atoms with Crippen molar-refractivity contribution in [3.63, 3.8) is 0 Å². The van der Waals surface area contributed by atoms with E-state index in [1.165, 1.54) is 19.3 Å². The van der Waals surface area contributed by atoms with Crippen LogP contribution in [0.5, 0.6) is 0 Å². The number of hydrogen-bond donors (Lipinski definition) is 1. The minimum atomic E-state index is -0.0793. The third-order valence-corrected chi connectivity index (χ3v) is 3.97. The van der Waals surface area contributed by atoms with Gasteiger partial charge in [0, 0.05) is 17.8 Å². The fourth-order valence-corrected chi connectivity index (χ4v) is 2.29. The third kappa shape index (κ3) is 3.37. The van der Waals surface area contributed by atoms with E-state index < -0.39 is 0 Å². The van der Waals surface area contributed by atoms with E-state index in [0.717, 1.165) is 6.42 Å². The molecule has 2 unspecified atom stereocenters. The lowest BCUT2D eigenvalue weighted by Gasteiger charge is -2.39. The molecule has 15 heavy (non-hydrogen) atoms. The van der Waals surface area contributed by atoms with Crippen LogP contribution in [0.2, 0.25) is 0 Å². The summed E-state index contributed by atoms with van der Waals surface area (Å²) in [7, 11) is 0. The molecule has 0 bridgehead atoms. The van der Waals surface area contributed by atoms with Crippen molar-refractivity contribution in [3.05, 3.63) is 0 Å². The maximum atomic E-state index is 11.7. The van der Waals surface area contributed by atoms with Gasteiger partial charge in [-0.2, -0.15) is 0 Å². The number of alkyl halides is 1. The molecule has 1 rings (SSSR count). The smallest absolute Gasteiger partial charge is 0.224 e. The Kier molecular flexibility index (Phi) is 4.45. The van der Waals surface area contributed by atoms with Crippen LogP contribution in [0.25, 0.3) is 0 Å². The summed E-state index contributed by atoms with van der Waals surface area (Å²) in [4.78, 5) is 11.7. The quantitative estimate of drug-likeness (QED) is 0.744. The Hall–Kier alpha value is -0.240. The van der Waals surface area contributed by atoms with Crippen LogP contribution in [-0.4, -0.2) is 17.8 Å². The van der Waals surface area contributed by atoms with Gasteiger partial charge >= 0.3 is 0 Å². The molecule has 0 aromatic heterocycles. The van der Waals surface area contributed by atoms with Crippen LogP contribution >= 0.6 is 11.6 Å². The molecule has 0 heterocycles. The van der Waals surface area contributed by atoms with Gasteiger partial charge in [-0.3, -0.25) is 4.79 Å². The van der Waals surface area contributed by atoms with E-state index in [9.17, 15) is 4.79 Å². The fourth-order valence-electron chi connectivity index (χ4n) is 2.15. The number of hydrogen-bond acceptors (Lipinski definition) is 1. The molecule has 1 amide bonds. The maximum absolute atomic E-state index is 11.7. The summed E-state index contributed by atoms with van der Waals surface area (Å²) in [6, 6.07) is 0.324. The molecule has 0 aliphatic heterocycles. The van der Waals surface area contributed by atoms with E-state index >= 15 is 0 Å². The molecule has 88 valence electrons. The van der Waals surface area contributed by atoms with E-state index in [0.29, 0.717) is 11.9 Å². The van der Waals surface area contributed by atoms with Crippen molar-refractivity contribution in [1.29, 1.82) is 0 Å². The van der Waals surface area contributed by atoms with Gasteiger partial charge < -0.3 is 5.32 Å². The minimum absolute atomic E-state index is 0.0793. The van der Waals surface area contributed by atoms with Crippen LogP contribution in [0, 0.1) is 11.3 Å². The number of nitrogens with one attached hydrogen (secondary N) is 1. The van der Waals surface area contributed by atoms with Crippen molar-refractivity contribution in [3.8, 4) is 0 Å². The number of halogens is 1. The predicted octanol–water partition coefficient (Wildman–Crippen LogP) is 2.95. The molecule has 0 radical (unpaired) electrons. The molecule has 0 aromatic carbocycles. The highest BCUT2D eigenvalue weighted by molar-refractivity contribution is 6.19. The second-order valence-corrected chi connectivity index (χ2v) is 5.66. The first-order chi connectivity index (χ1) is 6.97. The molecule has 0 spiro atoms. The van der Waals surface area contributed by atoms with Gasteiger partial charge in [0.15, 0.2) is 0 Å². The third-order valence-electron chi connectivity index (χ3n) is 3.50. The molecule has 0 saturated heterocycles. The highest BCUT2D eigenvalue weighted by Crippen LogP contribution is 2.35. The average Bonchev–Trinajstić information content (AvgIpc) is 2.19. The summed E-state index contributed by atoms with van der Waals surface area (Å²) >= 11 is 5.67. The monoisotopic (exact) mass is 231 g/mol. The summed E-state index contributed by atoms with van der Waals surface area (Å²) < 4.78 is 0. The Morgan fingerprint density at radius 3 is 2.73 bits per heavy atom. The molecular weight excluding hydrogens is 210 g/mol. The van der Waals surface area contributed by atoms with Crippen LogP contribution < -0.4 is 5.32 Å². The molecule has 2 atom stereocenters. The van der Waals surface area contributed by atoms with Crippen molar-refractivity contribution in [2.45, 2.75) is 52.5 Å². The Labute approximate surface area is 97.8 Å². The van der Waals surface area contributed by atoms with E-state index in [-0.39, 0.29) is 17.2 Å². The molecular formula is C12H22ClNO. The zero-order valence-electron chi connectivity index (χ0n) is 9.98. The van der Waals surface area contributed by atoms with Crippen molar-refractivity contribution in [2.24, 2.45) is 11.3 Å². The van der Waals surface area contributed by atoms with Gasteiger partial charge in [-0.05, 0) is 18.3 Å². The standard InChI is InChI=1S/C12H22ClNO/c1-9(8-13)11(15)14-10-6-4-5-7-12(10,2)3/h9-10H,4-8H2,1-3H3,(H,14,15). The molecule has 0 aromatic rings. The molecule has 3 heteroatoms. The Balaban J connectivity index is 2.52. The van der Waals surface area contributed by atoms with E-state index in [1.807, 2.05) is 6.92 Å². The highest BCUT2D eigenvalue weighted by atomic mass is 35.5. The van der Waals surface area contributed by atoms with Gasteiger partial charge in [-0.15, -0.1) is 11.6 Å². The van der Waals surface area contributed by atoms with Crippen LogP contribution in [0.3, 0.4) is 0 Å². The predicted molar refractivity (Wildman–Crippen MR) is 64.1 cm³/mol. The summed E-state index contributed by atoms with van der Waals surface area (Å²) in [6.07, 6.45) is 4.81. The zero-order valence-corrected chi connectivity index (χ0v) is 10.7. The van der Waals surface area contributed by atoms with Crippen molar-refractivity contribution in [2.75, 3.05) is 5.88 Å². The number of rotatable bonds is 3. The topological polar surface area (TPSA) is 29.1 Å². The fraction of sp³-hybridized carbons (Fsp3) is 0.917. The summed E-state index contributed by atoms with van der Waals surface area (Å²) in [5.41, 5.74) is 0.236. The summed E-state index contributed by atoms with van der Waals surface area (Å²) in [6.45, 7) is 6.35. The first kappa shape index (κ1) is 12.8. The van der Waals surface area contributed by atoms with Crippen LogP contribution in [0.15, 0.2) is 0 Å². The van der Waals surface area contributed by atoms with E-state index in [2.05, 4.69) is 19.2 Å². The second kappa shape index (κ2) is 5.20. The maximum Gasteiger partial charge on any atom is 0.224 e. The Bertz CT molecular complexity index is 228.